The first-order valence-electron chi connectivity index (χ1n) is 5.04. The molecule has 2 rings (SSSR count). The number of halogens is 2. The fourth-order valence-corrected chi connectivity index (χ4v) is 2.83. The molecular weight excluding hydrogens is 282 g/mol. The van der Waals surface area contributed by atoms with E-state index in [1.165, 1.54) is 25.9 Å². The smallest absolute Gasteiger partial charge is 0.114 e. The summed E-state index contributed by atoms with van der Waals surface area (Å²) >= 11 is 2.37. The molecule has 1 unspecified atom stereocenters. The van der Waals surface area contributed by atoms with Crippen LogP contribution in [0.15, 0.2) is 0 Å². The Morgan fingerprint density at radius 1 is 1.08 bits per heavy atom. The van der Waals surface area contributed by atoms with Gasteiger partial charge in [-0.25, -0.2) is 7.50 Å². The zero-order valence-corrected chi connectivity index (χ0v) is 9.91. The van der Waals surface area contributed by atoms with Gasteiger partial charge >= 0.3 is 0 Å². The highest BCUT2D eigenvalue weighted by Crippen LogP contribution is 2.23. The van der Waals surface area contributed by atoms with Crippen molar-refractivity contribution in [2.45, 2.75) is 31.5 Å². The lowest BCUT2D eigenvalue weighted by atomic mass is 10.1. The minimum atomic E-state index is -0.558. The fraction of sp³-hybridized carbons (Fsp3) is 1.00. The quantitative estimate of drug-likeness (QED) is 0.538. The normalized spacial score (nSPS) is 34.2. The van der Waals surface area contributed by atoms with E-state index >= 15 is 0 Å². The molecular formula is C9H16FIN2. The molecule has 2 nitrogen and oxygen atoms in total. The Hall–Kier alpha value is 0.580. The van der Waals surface area contributed by atoms with Crippen molar-refractivity contribution in [1.82, 2.24) is 8.01 Å². The van der Waals surface area contributed by atoms with Gasteiger partial charge in [0.25, 0.3) is 0 Å². The second-order valence-electron chi connectivity index (χ2n) is 4.02. The van der Waals surface area contributed by atoms with Crippen LogP contribution in [0.3, 0.4) is 0 Å². The molecule has 1 atom stereocenters. The maximum absolute atomic E-state index is 13.0. The molecule has 0 aromatic heterocycles. The van der Waals surface area contributed by atoms with Crippen LogP contribution in [0, 0.1) is 0 Å². The molecule has 0 aliphatic carbocycles. The number of nitrogens with zero attached hydrogens (tertiary/aromatic N) is 2. The topological polar surface area (TPSA) is 6.48 Å². The molecule has 0 aromatic rings. The van der Waals surface area contributed by atoms with Crippen molar-refractivity contribution in [3.05, 3.63) is 0 Å². The van der Waals surface area contributed by atoms with Crippen molar-refractivity contribution < 1.29 is 4.39 Å². The predicted molar refractivity (Wildman–Crippen MR) is 59.7 cm³/mol. The van der Waals surface area contributed by atoms with Crippen LogP contribution in [0.2, 0.25) is 0 Å². The third-order valence-corrected chi connectivity index (χ3v) is 4.05. The lowest BCUT2D eigenvalue weighted by Gasteiger charge is -2.33. The zero-order chi connectivity index (χ0) is 9.26. The summed E-state index contributed by atoms with van der Waals surface area (Å²) in [4.78, 5) is 2.34. The standard InChI is InChI=1S/C9H16FIN2/c10-8-1-4-12(7-8)9-2-5-13(11)6-3-9/h8-9H,1-7H2. The Balaban J connectivity index is 1.81. The van der Waals surface area contributed by atoms with Crippen molar-refractivity contribution in [2.24, 2.45) is 0 Å². The van der Waals surface area contributed by atoms with E-state index in [2.05, 4.69) is 30.9 Å². The minimum Gasteiger partial charge on any atom is -0.297 e. The van der Waals surface area contributed by atoms with Gasteiger partial charge in [0.2, 0.25) is 0 Å². The molecule has 0 aromatic carbocycles. The molecule has 0 bridgehead atoms. The second kappa shape index (κ2) is 4.40. The Kier molecular flexibility index (Phi) is 3.42. The summed E-state index contributed by atoms with van der Waals surface area (Å²) < 4.78 is 15.3. The van der Waals surface area contributed by atoms with Gasteiger partial charge in [-0.15, -0.1) is 0 Å². The average molecular weight is 298 g/mol. The van der Waals surface area contributed by atoms with E-state index in [0.717, 1.165) is 13.0 Å². The van der Waals surface area contributed by atoms with Crippen molar-refractivity contribution in [1.29, 1.82) is 0 Å². The molecule has 0 N–H and O–H groups in total. The van der Waals surface area contributed by atoms with Crippen molar-refractivity contribution in [3.63, 3.8) is 0 Å². The van der Waals surface area contributed by atoms with E-state index in [0.29, 0.717) is 12.6 Å². The van der Waals surface area contributed by atoms with E-state index < -0.39 is 6.17 Å². The van der Waals surface area contributed by atoms with Crippen LogP contribution in [-0.4, -0.2) is 46.4 Å². The number of alkyl halides is 1. The highest BCUT2D eigenvalue weighted by atomic mass is 127. The first-order chi connectivity index (χ1) is 6.25. The molecule has 2 saturated heterocycles. The van der Waals surface area contributed by atoms with E-state index in [1.807, 2.05) is 0 Å². The summed E-state index contributed by atoms with van der Waals surface area (Å²) in [6.07, 6.45) is 2.63. The van der Waals surface area contributed by atoms with Gasteiger partial charge in [-0.3, -0.25) is 4.90 Å². The summed E-state index contributed by atoms with van der Waals surface area (Å²) in [7, 11) is 0. The molecule has 76 valence electrons. The molecule has 2 heterocycles. The Bertz CT molecular complexity index is 171. The van der Waals surface area contributed by atoms with E-state index in [-0.39, 0.29) is 0 Å². The van der Waals surface area contributed by atoms with Gasteiger partial charge in [-0.1, -0.05) is 0 Å². The number of likely N-dealkylation sites (tertiary alicyclic amines) is 1. The van der Waals surface area contributed by atoms with Gasteiger partial charge in [0.15, 0.2) is 0 Å². The Morgan fingerprint density at radius 3 is 2.31 bits per heavy atom. The average Bonchev–Trinajstić information content (AvgIpc) is 2.53. The first kappa shape index (κ1) is 10.1. The Morgan fingerprint density at radius 2 is 1.77 bits per heavy atom. The molecule has 0 amide bonds. The SMILES string of the molecule is FC1CCN(C2CCN(I)CC2)C1. The van der Waals surface area contributed by atoms with Crippen LogP contribution in [0.4, 0.5) is 4.39 Å². The van der Waals surface area contributed by atoms with E-state index in [4.69, 9.17) is 0 Å². The van der Waals surface area contributed by atoms with Gasteiger partial charge in [0, 0.05) is 55.1 Å². The van der Waals surface area contributed by atoms with E-state index in [9.17, 15) is 4.39 Å². The molecule has 13 heavy (non-hydrogen) atoms. The minimum absolute atomic E-state index is 0.558. The largest absolute Gasteiger partial charge is 0.297 e. The molecule has 4 heteroatoms. The summed E-state index contributed by atoms with van der Waals surface area (Å²) in [5.41, 5.74) is 0. The van der Waals surface area contributed by atoms with Crippen LogP contribution in [0.1, 0.15) is 19.3 Å². The molecule has 2 aliphatic heterocycles. The maximum atomic E-state index is 13.0. The predicted octanol–water partition coefficient (Wildman–Crippen LogP) is 1.84. The second-order valence-corrected chi connectivity index (χ2v) is 5.39. The van der Waals surface area contributed by atoms with Gasteiger partial charge < -0.3 is 0 Å². The van der Waals surface area contributed by atoms with Gasteiger partial charge in [-0.2, -0.15) is 0 Å². The Labute approximate surface area is 93.0 Å². The molecule has 0 radical (unpaired) electrons. The summed E-state index contributed by atoms with van der Waals surface area (Å²) in [6.45, 7) is 4.00. The molecule has 2 fully saturated rings. The van der Waals surface area contributed by atoms with Gasteiger partial charge in [-0.05, 0) is 19.3 Å². The fourth-order valence-electron chi connectivity index (χ4n) is 2.27. The molecule has 0 saturated carbocycles. The third-order valence-electron chi connectivity index (χ3n) is 3.09. The van der Waals surface area contributed by atoms with Crippen LogP contribution < -0.4 is 0 Å². The lowest BCUT2D eigenvalue weighted by Crippen LogP contribution is -2.41. The van der Waals surface area contributed by atoms with Crippen LogP contribution in [0.25, 0.3) is 0 Å². The van der Waals surface area contributed by atoms with Crippen molar-refractivity contribution in [2.75, 3.05) is 26.2 Å². The van der Waals surface area contributed by atoms with Crippen LogP contribution >= 0.6 is 22.9 Å². The van der Waals surface area contributed by atoms with Crippen molar-refractivity contribution in [3.8, 4) is 0 Å². The summed E-state index contributed by atoms with van der Waals surface area (Å²) in [5, 5.41) is 0. The molecule has 2 aliphatic rings. The zero-order valence-electron chi connectivity index (χ0n) is 7.75. The number of hydrogen-bond acceptors (Lipinski definition) is 2. The summed E-state index contributed by atoms with van der Waals surface area (Å²) in [6, 6.07) is 0.659. The van der Waals surface area contributed by atoms with Crippen LogP contribution in [0.5, 0.6) is 0 Å². The third kappa shape index (κ3) is 2.53. The lowest BCUT2D eigenvalue weighted by molar-refractivity contribution is 0.167. The van der Waals surface area contributed by atoms with Gasteiger partial charge in [0.05, 0.1) is 0 Å². The number of piperidine rings is 1. The highest BCUT2D eigenvalue weighted by Gasteiger charge is 2.29. The first-order valence-corrected chi connectivity index (χ1v) is 6.01. The van der Waals surface area contributed by atoms with Gasteiger partial charge in [0.1, 0.15) is 6.17 Å². The van der Waals surface area contributed by atoms with E-state index in [1.54, 1.807) is 0 Å². The van der Waals surface area contributed by atoms with Crippen LogP contribution in [-0.2, 0) is 0 Å². The number of rotatable bonds is 1. The maximum Gasteiger partial charge on any atom is 0.114 e. The number of hydrogen-bond donors (Lipinski definition) is 0. The highest BCUT2D eigenvalue weighted by molar-refractivity contribution is 14.1. The van der Waals surface area contributed by atoms with Crippen molar-refractivity contribution >= 4 is 22.9 Å². The molecule has 0 spiro atoms. The summed E-state index contributed by atoms with van der Waals surface area (Å²) in [5.74, 6) is 0. The monoisotopic (exact) mass is 298 g/mol.